The number of nitrogens with one attached hydrogen (secondary N) is 2. The molecular formula is C15H23N5O5. The zero-order chi connectivity index (χ0) is 18.1. The van der Waals surface area contributed by atoms with Crippen LogP contribution in [0.15, 0.2) is 11.1 Å². The standard InChI is InChI=1S/C15H23N5O5/c1-7(2)17-15-18-12-10(13(23)19-15)16-6-20(12)14-11(22)8(5-24-3)9(4-21)25-14/h6-9,11,14,21-22H,4-5H2,1-3H3,(H2,17,18,19,23)/t8-,9-,11-,14-/m1/s1. The van der Waals surface area contributed by atoms with E-state index >= 15 is 0 Å². The average Bonchev–Trinajstić information content (AvgIpc) is 3.09. The van der Waals surface area contributed by atoms with E-state index in [1.807, 2.05) is 13.8 Å². The maximum absolute atomic E-state index is 12.2. The number of hydrogen-bond acceptors (Lipinski definition) is 8. The van der Waals surface area contributed by atoms with Gasteiger partial charge in [-0.3, -0.25) is 14.3 Å². The van der Waals surface area contributed by atoms with Crippen LogP contribution in [0.4, 0.5) is 5.95 Å². The number of H-pyrrole nitrogens is 1. The van der Waals surface area contributed by atoms with Crippen molar-refractivity contribution >= 4 is 17.1 Å². The number of aromatic amines is 1. The number of rotatable bonds is 6. The second-order valence-electron chi connectivity index (χ2n) is 6.40. The Morgan fingerprint density at radius 2 is 2.28 bits per heavy atom. The van der Waals surface area contributed by atoms with Gasteiger partial charge in [0.15, 0.2) is 17.4 Å². The first-order valence-corrected chi connectivity index (χ1v) is 8.13. The molecule has 1 aliphatic heterocycles. The summed E-state index contributed by atoms with van der Waals surface area (Å²) in [6.45, 7) is 3.84. The Labute approximate surface area is 143 Å². The van der Waals surface area contributed by atoms with E-state index in [4.69, 9.17) is 9.47 Å². The van der Waals surface area contributed by atoms with Crippen LogP contribution in [0, 0.1) is 5.92 Å². The number of hydrogen-bond donors (Lipinski definition) is 4. The van der Waals surface area contributed by atoms with Gasteiger partial charge in [-0.1, -0.05) is 0 Å². The Kier molecular flexibility index (Phi) is 5.04. The summed E-state index contributed by atoms with van der Waals surface area (Å²) in [4.78, 5) is 23.3. The minimum atomic E-state index is -0.933. The van der Waals surface area contributed by atoms with Gasteiger partial charge in [0, 0.05) is 19.1 Å². The fraction of sp³-hybridized carbons (Fsp3) is 0.667. The number of methoxy groups -OCH3 is 1. The SMILES string of the molecule is COC[C@H]1[C@@H](O)[C@H](n2cnc3c(=O)[nH]c(NC(C)C)nc32)O[C@@H]1CO. The van der Waals surface area contributed by atoms with Crippen LogP contribution >= 0.6 is 0 Å². The van der Waals surface area contributed by atoms with Crippen LogP contribution in [0.3, 0.4) is 0 Å². The van der Waals surface area contributed by atoms with Gasteiger partial charge in [0.2, 0.25) is 5.95 Å². The Hall–Kier alpha value is -2.01. The number of ether oxygens (including phenoxy) is 2. The molecule has 3 heterocycles. The molecule has 0 amide bonds. The quantitative estimate of drug-likeness (QED) is 0.543. The van der Waals surface area contributed by atoms with Gasteiger partial charge in [-0.15, -0.1) is 0 Å². The topological polar surface area (TPSA) is 135 Å². The second kappa shape index (κ2) is 7.08. The lowest BCUT2D eigenvalue weighted by molar-refractivity contribution is -0.0498. The van der Waals surface area contributed by atoms with Gasteiger partial charge in [-0.25, -0.2) is 4.98 Å². The van der Waals surface area contributed by atoms with Crippen LogP contribution in [0.2, 0.25) is 0 Å². The lowest BCUT2D eigenvalue weighted by Crippen LogP contribution is -2.31. The van der Waals surface area contributed by atoms with Crippen molar-refractivity contribution in [2.75, 3.05) is 25.6 Å². The molecule has 25 heavy (non-hydrogen) atoms. The summed E-state index contributed by atoms with van der Waals surface area (Å²) in [6.07, 6.45) is -0.919. The highest BCUT2D eigenvalue weighted by atomic mass is 16.5. The molecule has 0 spiro atoms. The summed E-state index contributed by atoms with van der Waals surface area (Å²) >= 11 is 0. The minimum Gasteiger partial charge on any atom is -0.394 e. The molecule has 3 rings (SSSR count). The lowest BCUT2D eigenvalue weighted by Gasteiger charge is -2.18. The first kappa shape index (κ1) is 17.8. The third-order valence-corrected chi connectivity index (χ3v) is 4.19. The molecule has 0 aliphatic carbocycles. The highest BCUT2D eigenvalue weighted by Gasteiger charge is 2.44. The number of anilines is 1. The predicted octanol–water partition coefficient (Wildman–Crippen LogP) is -0.547. The van der Waals surface area contributed by atoms with Gasteiger partial charge < -0.3 is 25.0 Å². The van der Waals surface area contributed by atoms with E-state index in [0.29, 0.717) is 11.6 Å². The van der Waals surface area contributed by atoms with Crippen LogP contribution in [0.5, 0.6) is 0 Å². The summed E-state index contributed by atoms with van der Waals surface area (Å²) in [5.74, 6) is -0.0819. The monoisotopic (exact) mass is 353 g/mol. The summed E-state index contributed by atoms with van der Waals surface area (Å²) in [6, 6.07) is 0.0788. The van der Waals surface area contributed by atoms with Crippen LogP contribution < -0.4 is 10.9 Å². The average molecular weight is 353 g/mol. The number of imidazole rings is 1. The van der Waals surface area contributed by atoms with Gasteiger partial charge in [-0.2, -0.15) is 4.98 Å². The maximum Gasteiger partial charge on any atom is 0.280 e. The molecule has 10 heteroatoms. The first-order valence-electron chi connectivity index (χ1n) is 8.13. The van der Waals surface area contributed by atoms with Crippen molar-refractivity contribution in [3.05, 3.63) is 16.7 Å². The van der Waals surface area contributed by atoms with Crippen molar-refractivity contribution < 1.29 is 19.7 Å². The normalized spacial score (nSPS) is 26.6. The first-order chi connectivity index (χ1) is 12.0. The zero-order valence-corrected chi connectivity index (χ0v) is 14.3. The highest BCUT2D eigenvalue weighted by molar-refractivity contribution is 5.71. The fourth-order valence-corrected chi connectivity index (χ4v) is 3.05. The molecule has 1 aliphatic rings. The molecule has 0 aromatic carbocycles. The van der Waals surface area contributed by atoms with Gasteiger partial charge in [-0.05, 0) is 13.8 Å². The van der Waals surface area contributed by atoms with E-state index in [2.05, 4.69) is 20.3 Å². The smallest absolute Gasteiger partial charge is 0.280 e. The van der Waals surface area contributed by atoms with E-state index in [1.165, 1.54) is 18.0 Å². The van der Waals surface area contributed by atoms with Crippen molar-refractivity contribution in [3.8, 4) is 0 Å². The largest absolute Gasteiger partial charge is 0.394 e. The second-order valence-corrected chi connectivity index (χ2v) is 6.40. The van der Waals surface area contributed by atoms with Crippen LogP contribution in [-0.4, -0.2) is 68.3 Å². The van der Waals surface area contributed by atoms with Gasteiger partial charge >= 0.3 is 0 Å². The minimum absolute atomic E-state index is 0.0788. The summed E-state index contributed by atoms with van der Waals surface area (Å²) in [5.41, 5.74) is 0.0677. The van der Waals surface area contributed by atoms with Crippen LogP contribution in [0.1, 0.15) is 20.1 Å². The zero-order valence-electron chi connectivity index (χ0n) is 14.3. The van der Waals surface area contributed by atoms with Crippen molar-refractivity contribution in [2.45, 2.75) is 38.3 Å². The van der Waals surface area contributed by atoms with Gasteiger partial charge in [0.25, 0.3) is 5.56 Å². The van der Waals surface area contributed by atoms with Gasteiger partial charge in [0.05, 0.1) is 25.6 Å². The molecule has 2 aromatic heterocycles. The maximum atomic E-state index is 12.2. The predicted molar refractivity (Wildman–Crippen MR) is 89.3 cm³/mol. The van der Waals surface area contributed by atoms with Crippen LogP contribution in [-0.2, 0) is 9.47 Å². The third kappa shape index (κ3) is 3.25. The van der Waals surface area contributed by atoms with Gasteiger partial charge in [0.1, 0.15) is 6.10 Å². The summed E-state index contributed by atoms with van der Waals surface area (Å²) in [7, 11) is 1.52. The van der Waals surface area contributed by atoms with E-state index in [0.717, 1.165) is 0 Å². The Morgan fingerprint density at radius 3 is 2.92 bits per heavy atom. The van der Waals surface area contributed by atoms with Crippen molar-refractivity contribution in [3.63, 3.8) is 0 Å². The molecule has 4 N–H and O–H groups in total. The van der Waals surface area contributed by atoms with E-state index in [9.17, 15) is 15.0 Å². The molecule has 0 radical (unpaired) electrons. The molecule has 10 nitrogen and oxygen atoms in total. The third-order valence-electron chi connectivity index (χ3n) is 4.19. The Balaban J connectivity index is 2.01. The van der Waals surface area contributed by atoms with E-state index in [-0.39, 0.29) is 30.3 Å². The number of aliphatic hydroxyl groups is 2. The molecule has 4 atom stereocenters. The van der Waals surface area contributed by atoms with E-state index in [1.54, 1.807) is 0 Å². The highest BCUT2D eigenvalue weighted by Crippen LogP contribution is 2.35. The summed E-state index contributed by atoms with van der Waals surface area (Å²) < 4.78 is 12.4. The molecule has 0 unspecified atom stereocenters. The Morgan fingerprint density at radius 1 is 1.52 bits per heavy atom. The number of aromatic nitrogens is 4. The van der Waals surface area contributed by atoms with Crippen molar-refractivity contribution in [2.24, 2.45) is 5.92 Å². The number of fused-ring (bicyclic) bond motifs is 1. The molecule has 2 aromatic rings. The molecule has 1 saturated heterocycles. The van der Waals surface area contributed by atoms with Crippen molar-refractivity contribution in [1.29, 1.82) is 0 Å². The molecular weight excluding hydrogens is 330 g/mol. The molecule has 138 valence electrons. The fourth-order valence-electron chi connectivity index (χ4n) is 3.05. The van der Waals surface area contributed by atoms with E-state index < -0.39 is 24.4 Å². The Bertz CT molecular complexity index is 788. The van der Waals surface area contributed by atoms with Crippen LogP contribution in [0.25, 0.3) is 11.2 Å². The van der Waals surface area contributed by atoms with Crippen molar-refractivity contribution in [1.82, 2.24) is 19.5 Å². The molecule has 0 saturated carbocycles. The number of aliphatic hydroxyl groups excluding tert-OH is 2. The lowest BCUT2D eigenvalue weighted by atomic mass is 9.99. The molecule has 0 bridgehead atoms. The molecule has 1 fully saturated rings. The number of nitrogens with zero attached hydrogens (tertiary/aromatic N) is 3. The summed E-state index contributed by atoms with van der Waals surface area (Å²) in [5, 5.41) is 23.1.